The minimum atomic E-state index is 0.307. The van der Waals surface area contributed by atoms with Gasteiger partial charge >= 0.3 is 0 Å². The molecule has 114 valence electrons. The third-order valence-corrected chi connectivity index (χ3v) is 4.62. The van der Waals surface area contributed by atoms with Gasteiger partial charge in [0.15, 0.2) is 0 Å². The summed E-state index contributed by atoms with van der Waals surface area (Å²) in [5, 5.41) is 3.74. The Kier molecular flexibility index (Phi) is 4.92. The molecule has 1 aliphatic rings. The molecule has 3 nitrogen and oxygen atoms in total. The molecule has 0 aliphatic carbocycles. The van der Waals surface area contributed by atoms with Crippen molar-refractivity contribution in [1.82, 2.24) is 10.2 Å². The predicted molar refractivity (Wildman–Crippen MR) is 83.9 cm³/mol. The molecule has 1 aromatic heterocycles. The van der Waals surface area contributed by atoms with E-state index in [0.717, 1.165) is 25.3 Å². The fourth-order valence-corrected chi connectivity index (χ4v) is 3.16. The second-order valence-electron chi connectivity index (χ2n) is 7.22. The first-order chi connectivity index (χ1) is 9.41. The Balaban J connectivity index is 2.04. The summed E-state index contributed by atoms with van der Waals surface area (Å²) in [6, 6.07) is 5.79. The lowest BCUT2D eigenvalue weighted by atomic mass is 9.84. The van der Waals surface area contributed by atoms with Crippen molar-refractivity contribution in [3.05, 3.63) is 24.2 Å². The van der Waals surface area contributed by atoms with Crippen molar-refractivity contribution in [2.24, 2.45) is 5.41 Å². The average molecular weight is 278 g/mol. The smallest absolute Gasteiger partial charge is 0.105 e. The van der Waals surface area contributed by atoms with E-state index in [2.05, 4.69) is 50.9 Å². The van der Waals surface area contributed by atoms with E-state index < -0.39 is 0 Å². The topological polar surface area (TPSA) is 28.4 Å². The molecule has 0 spiro atoms. The summed E-state index contributed by atoms with van der Waals surface area (Å²) >= 11 is 0. The van der Waals surface area contributed by atoms with Gasteiger partial charge in [-0.15, -0.1) is 0 Å². The van der Waals surface area contributed by atoms with Gasteiger partial charge in [-0.25, -0.2) is 0 Å². The molecular formula is C17H30N2O. The molecule has 0 saturated carbocycles. The van der Waals surface area contributed by atoms with E-state index in [1.807, 2.05) is 6.07 Å². The molecule has 20 heavy (non-hydrogen) atoms. The van der Waals surface area contributed by atoms with Crippen molar-refractivity contribution in [2.45, 2.75) is 65.6 Å². The van der Waals surface area contributed by atoms with Gasteiger partial charge in [-0.05, 0) is 30.9 Å². The van der Waals surface area contributed by atoms with Crippen LogP contribution in [0.4, 0.5) is 0 Å². The number of hydrogen-bond acceptors (Lipinski definition) is 3. The van der Waals surface area contributed by atoms with Crippen molar-refractivity contribution in [3.63, 3.8) is 0 Å². The average Bonchev–Trinajstić information content (AvgIpc) is 2.89. The van der Waals surface area contributed by atoms with Gasteiger partial charge in [0.05, 0.1) is 6.26 Å². The fourth-order valence-electron chi connectivity index (χ4n) is 3.16. The van der Waals surface area contributed by atoms with Gasteiger partial charge in [-0.1, -0.05) is 27.7 Å². The number of nitrogens with one attached hydrogen (secondary N) is 1. The van der Waals surface area contributed by atoms with Crippen molar-refractivity contribution < 1.29 is 4.42 Å². The summed E-state index contributed by atoms with van der Waals surface area (Å²) in [7, 11) is 0. The summed E-state index contributed by atoms with van der Waals surface area (Å²) in [6.45, 7) is 13.8. The molecule has 1 saturated heterocycles. The van der Waals surface area contributed by atoms with Crippen molar-refractivity contribution in [2.75, 3.05) is 13.1 Å². The predicted octanol–water partition coefficient (Wildman–Crippen LogP) is 3.31. The van der Waals surface area contributed by atoms with Gasteiger partial charge in [-0.2, -0.15) is 0 Å². The van der Waals surface area contributed by atoms with E-state index in [1.165, 1.54) is 6.42 Å². The highest BCUT2D eigenvalue weighted by Gasteiger charge is 2.35. The number of furan rings is 1. The summed E-state index contributed by atoms with van der Waals surface area (Å²) in [6.07, 6.45) is 3.97. The third kappa shape index (κ3) is 3.64. The number of piperazine rings is 1. The normalized spacial score (nSPS) is 26.6. The summed E-state index contributed by atoms with van der Waals surface area (Å²) in [5.41, 5.74) is 0.307. The largest absolute Gasteiger partial charge is 0.469 e. The van der Waals surface area contributed by atoms with Crippen LogP contribution >= 0.6 is 0 Å². The lowest BCUT2D eigenvalue weighted by Crippen LogP contribution is -2.62. The zero-order chi connectivity index (χ0) is 14.8. The zero-order valence-corrected chi connectivity index (χ0v) is 13.6. The number of rotatable bonds is 4. The first-order valence-corrected chi connectivity index (χ1v) is 7.93. The third-order valence-electron chi connectivity index (χ3n) is 4.62. The first-order valence-electron chi connectivity index (χ1n) is 7.93. The molecule has 3 atom stereocenters. The van der Waals surface area contributed by atoms with Gasteiger partial charge in [-0.3, -0.25) is 4.90 Å². The second-order valence-corrected chi connectivity index (χ2v) is 7.22. The Hall–Kier alpha value is -0.800. The van der Waals surface area contributed by atoms with E-state index in [-0.39, 0.29) is 0 Å². The highest BCUT2D eigenvalue weighted by atomic mass is 16.3. The maximum atomic E-state index is 5.52. The number of nitrogens with zero attached hydrogens (tertiary/aromatic N) is 1. The first kappa shape index (κ1) is 15.6. The molecule has 0 aromatic carbocycles. The molecule has 3 unspecified atom stereocenters. The molecule has 1 N–H and O–H groups in total. The van der Waals surface area contributed by atoms with Crippen LogP contribution in [0.25, 0.3) is 0 Å². The maximum absolute atomic E-state index is 5.52. The molecule has 0 amide bonds. The van der Waals surface area contributed by atoms with E-state index in [9.17, 15) is 0 Å². The van der Waals surface area contributed by atoms with Crippen molar-refractivity contribution in [1.29, 1.82) is 0 Å². The van der Waals surface area contributed by atoms with Gasteiger partial charge in [0.1, 0.15) is 5.76 Å². The Morgan fingerprint density at radius 2 is 2.20 bits per heavy atom. The molecule has 0 radical (unpaired) electrons. The summed E-state index contributed by atoms with van der Waals surface area (Å²) < 4.78 is 5.52. The number of hydrogen-bond donors (Lipinski definition) is 1. The molecule has 2 heterocycles. The Bertz CT molecular complexity index is 394. The Labute approximate surface area is 123 Å². The zero-order valence-electron chi connectivity index (χ0n) is 13.6. The Morgan fingerprint density at radius 1 is 1.45 bits per heavy atom. The second kappa shape index (κ2) is 6.31. The molecule has 1 fully saturated rings. The monoisotopic (exact) mass is 278 g/mol. The van der Waals surface area contributed by atoms with Crippen LogP contribution in [0.3, 0.4) is 0 Å². The van der Waals surface area contributed by atoms with Crippen LogP contribution < -0.4 is 5.32 Å². The molecule has 1 aliphatic heterocycles. The van der Waals surface area contributed by atoms with E-state index in [4.69, 9.17) is 4.42 Å². The van der Waals surface area contributed by atoms with Crippen LogP contribution in [0, 0.1) is 5.41 Å². The lowest BCUT2D eigenvalue weighted by Gasteiger charge is -2.47. The molecule has 3 heteroatoms. The van der Waals surface area contributed by atoms with Crippen LogP contribution in [-0.2, 0) is 6.42 Å². The van der Waals surface area contributed by atoms with Crippen LogP contribution in [-0.4, -0.2) is 36.1 Å². The molecular weight excluding hydrogens is 248 g/mol. The molecule has 2 rings (SSSR count). The van der Waals surface area contributed by atoms with Crippen LogP contribution in [0.15, 0.2) is 22.8 Å². The van der Waals surface area contributed by atoms with Crippen LogP contribution in [0.1, 0.15) is 46.8 Å². The highest BCUT2D eigenvalue weighted by Crippen LogP contribution is 2.26. The fraction of sp³-hybridized carbons (Fsp3) is 0.765. The van der Waals surface area contributed by atoms with E-state index in [1.54, 1.807) is 6.26 Å². The van der Waals surface area contributed by atoms with Crippen LogP contribution in [0.5, 0.6) is 0 Å². The van der Waals surface area contributed by atoms with Crippen molar-refractivity contribution in [3.8, 4) is 0 Å². The molecule has 1 aromatic rings. The molecule has 0 bridgehead atoms. The highest BCUT2D eigenvalue weighted by molar-refractivity contribution is 5.02. The Morgan fingerprint density at radius 3 is 2.75 bits per heavy atom. The van der Waals surface area contributed by atoms with Gasteiger partial charge < -0.3 is 9.73 Å². The van der Waals surface area contributed by atoms with Gasteiger partial charge in [0.2, 0.25) is 0 Å². The van der Waals surface area contributed by atoms with Gasteiger partial charge in [0.25, 0.3) is 0 Å². The minimum Gasteiger partial charge on any atom is -0.469 e. The van der Waals surface area contributed by atoms with Crippen LogP contribution in [0.2, 0.25) is 0 Å². The lowest BCUT2D eigenvalue weighted by molar-refractivity contribution is 0.0519. The standard InChI is InChI=1S/C17H30N2O/c1-6-14-11-18-16(17(3,4)5)12-19(14)13(2)10-15-8-7-9-20-15/h7-9,13-14,16,18H,6,10-12H2,1-5H3. The minimum absolute atomic E-state index is 0.307. The van der Waals surface area contributed by atoms with E-state index >= 15 is 0 Å². The SMILES string of the molecule is CCC1CNC(C(C)(C)C)CN1C(C)Cc1ccco1. The van der Waals surface area contributed by atoms with Gasteiger partial charge in [0, 0.05) is 37.6 Å². The maximum Gasteiger partial charge on any atom is 0.105 e. The van der Waals surface area contributed by atoms with E-state index in [0.29, 0.717) is 23.5 Å². The quantitative estimate of drug-likeness (QED) is 0.916. The van der Waals surface area contributed by atoms with Crippen molar-refractivity contribution >= 4 is 0 Å². The summed E-state index contributed by atoms with van der Waals surface area (Å²) in [5.74, 6) is 1.10. The summed E-state index contributed by atoms with van der Waals surface area (Å²) in [4.78, 5) is 2.68.